The van der Waals surface area contributed by atoms with Gasteiger partial charge in [0.25, 0.3) is 0 Å². The van der Waals surface area contributed by atoms with Gasteiger partial charge in [-0.05, 0) is 33.0 Å². The summed E-state index contributed by atoms with van der Waals surface area (Å²) in [5, 5.41) is 0. The molecule has 0 bridgehead atoms. The average Bonchev–Trinajstić information content (AvgIpc) is 2.53. The summed E-state index contributed by atoms with van der Waals surface area (Å²) in [5.74, 6) is 2.31. The number of nitrogens with one attached hydrogen (secondary N) is 1. The number of nitrogens with zero attached hydrogens (tertiary/aromatic N) is 2. The number of hydrogen-bond donors (Lipinski definition) is 2. The Hall–Kier alpha value is -1.03. The standard InChI is InChI=1S/C9H16N4/c1-13-4-2-7(3-5-13)9-11-6-8(10)12-9/h6-7H,2-5,10H2,1H3,(H,11,12). The molecule has 0 aliphatic carbocycles. The smallest absolute Gasteiger partial charge is 0.120 e. The van der Waals surface area contributed by atoms with Crippen molar-refractivity contribution in [3.05, 3.63) is 12.0 Å². The number of piperidine rings is 1. The lowest BCUT2D eigenvalue weighted by atomic mass is 9.97. The zero-order chi connectivity index (χ0) is 9.26. The van der Waals surface area contributed by atoms with Crippen molar-refractivity contribution < 1.29 is 0 Å². The molecule has 0 aromatic carbocycles. The van der Waals surface area contributed by atoms with Crippen LogP contribution in [-0.2, 0) is 0 Å². The van der Waals surface area contributed by atoms with Crippen LogP contribution in [-0.4, -0.2) is 35.0 Å². The molecule has 1 saturated heterocycles. The summed E-state index contributed by atoms with van der Waals surface area (Å²) in [7, 11) is 2.16. The molecule has 0 radical (unpaired) electrons. The second kappa shape index (κ2) is 3.38. The number of nitrogens with two attached hydrogens (primary N) is 1. The van der Waals surface area contributed by atoms with Crippen molar-refractivity contribution in [2.45, 2.75) is 18.8 Å². The Kier molecular flexibility index (Phi) is 2.22. The zero-order valence-corrected chi connectivity index (χ0v) is 7.95. The molecule has 13 heavy (non-hydrogen) atoms. The minimum Gasteiger partial charge on any atom is -0.384 e. The third-order valence-electron chi connectivity index (χ3n) is 2.72. The van der Waals surface area contributed by atoms with Crippen molar-refractivity contribution in [3.63, 3.8) is 0 Å². The normalized spacial score (nSPS) is 20.7. The fraction of sp³-hybridized carbons (Fsp3) is 0.667. The van der Waals surface area contributed by atoms with Gasteiger partial charge in [0.2, 0.25) is 0 Å². The highest BCUT2D eigenvalue weighted by Gasteiger charge is 2.20. The van der Waals surface area contributed by atoms with Crippen LogP contribution in [0.25, 0.3) is 0 Å². The summed E-state index contributed by atoms with van der Waals surface area (Å²) in [6.07, 6.45) is 4.07. The van der Waals surface area contributed by atoms with Crippen molar-refractivity contribution >= 4 is 5.82 Å². The molecule has 1 aromatic heterocycles. The van der Waals surface area contributed by atoms with E-state index in [1.165, 1.54) is 12.8 Å². The predicted octanol–water partition coefficient (Wildman–Crippen LogP) is 0.801. The fourth-order valence-corrected chi connectivity index (χ4v) is 1.84. The van der Waals surface area contributed by atoms with Crippen LogP contribution in [0, 0.1) is 0 Å². The first kappa shape index (κ1) is 8.56. The third kappa shape index (κ3) is 1.83. The van der Waals surface area contributed by atoms with Gasteiger partial charge in [0.1, 0.15) is 11.6 Å². The SMILES string of the molecule is CN1CCC(c2ncc(N)[nH]2)CC1. The fourth-order valence-electron chi connectivity index (χ4n) is 1.84. The molecular formula is C9H16N4. The van der Waals surface area contributed by atoms with Gasteiger partial charge < -0.3 is 15.6 Å². The Morgan fingerprint density at radius 2 is 2.23 bits per heavy atom. The van der Waals surface area contributed by atoms with Crippen LogP contribution in [0.1, 0.15) is 24.6 Å². The van der Waals surface area contributed by atoms with E-state index in [0.29, 0.717) is 11.7 Å². The highest BCUT2D eigenvalue weighted by atomic mass is 15.1. The van der Waals surface area contributed by atoms with Crippen LogP contribution < -0.4 is 5.73 Å². The highest BCUT2D eigenvalue weighted by Crippen LogP contribution is 2.25. The predicted molar refractivity (Wildman–Crippen MR) is 52.5 cm³/mol. The van der Waals surface area contributed by atoms with Crippen LogP contribution in [0.2, 0.25) is 0 Å². The average molecular weight is 180 g/mol. The van der Waals surface area contributed by atoms with Gasteiger partial charge in [0, 0.05) is 5.92 Å². The van der Waals surface area contributed by atoms with E-state index in [1.807, 2.05) is 0 Å². The largest absolute Gasteiger partial charge is 0.384 e. The van der Waals surface area contributed by atoms with E-state index in [4.69, 9.17) is 5.73 Å². The van der Waals surface area contributed by atoms with Gasteiger partial charge in [0.05, 0.1) is 6.20 Å². The van der Waals surface area contributed by atoms with E-state index in [-0.39, 0.29) is 0 Å². The Morgan fingerprint density at radius 1 is 1.54 bits per heavy atom. The van der Waals surface area contributed by atoms with Crippen molar-refractivity contribution in [1.82, 2.24) is 14.9 Å². The van der Waals surface area contributed by atoms with E-state index in [9.17, 15) is 0 Å². The molecule has 2 rings (SSSR count). The van der Waals surface area contributed by atoms with E-state index >= 15 is 0 Å². The van der Waals surface area contributed by atoms with E-state index < -0.39 is 0 Å². The maximum absolute atomic E-state index is 5.58. The molecule has 1 fully saturated rings. The number of anilines is 1. The topological polar surface area (TPSA) is 57.9 Å². The molecule has 0 saturated carbocycles. The monoisotopic (exact) mass is 180 g/mol. The lowest BCUT2D eigenvalue weighted by Crippen LogP contribution is -2.29. The van der Waals surface area contributed by atoms with Crippen LogP contribution >= 0.6 is 0 Å². The summed E-state index contributed by atoms with van der Waals surface area (Å²) < 4.78 is 0. The molecule has 0 unspecified atom stereocenters. The second-order valence-electron chi connectivity index (χ2n) is 3.80. The Bertz CT molecular complexity index is 273. The molecule has 3 N–H and O–H groups in total. The summed E-state index contributed by atoms with van der Waals surface area (Å²) in [6, 6.07) is 0. The van der Waals surface area contributed by atoms with Gasteiger partial charge in [-0.3, -0.25) is 0 Å². The third-order valence-corrected chi connectivity index (χ3v) is 2.72. The Balaban J connectivity index is 2.02. The molecule has 0 atom stereocenters. The number of hydrogen-bond acceptors (Lipinski definition) is 3. The summed E-state index contributed by atoms with van der Waals surface area (Å²) >= 11 is 0. The van der Waals surface area contributed by atoms with E-state index in [2.05, 4.69) is 21.9 Å². The number of imidazole rings is 1. The molecule has 72 valence electrons. The number of aromatic amines is 1. The second-order valence-corrected chi connectivity index (χ2v) is 3.80. The Morgan fingerprint density at radius 3 is 2.77 bits per heavy atom. The van der Waals surface area contributed by atoms with Gasteiger partial charge in [0.15, 0.2) is 0 Å². The number of nitrogen functional groups attached to an aromatic ring is 1. The maximum atomic E-state index is 5.58. The van der Waals surface area contributed by atoms with Crippen molar-refractivity contribution in [3.8, 4) is 0 Å². The number of H-pyrrole nitrogens is 1. The number of aromatic nitrogens is 2. The van der Waals surface area contributed by atoms with Crippen molar-refractivity contribution in [2.75, 3.05) is 25.9 Å². The van der Waals surface area contributed by atoms with Crippen LogP contribution in [0.3, 0.4) is 0 Å². The van der Waals surface area contributed by atoms with Gasteiger partial charge in [-0.2, -0.15) is 0 Å². The number of rotatable bonds is 1. The van der Waals surface area contributed by atoms with Crippen LogP contribution in [0.5, 0.6) is 0 Å². The van der Waals surface area contributed by atoms with E-state index in [0.717, 1.165) is 18.9 Å². The maximum Gasteiger partial charge on any atom is 0.120 e. The van der Waals surface area contributed by atoms with Gasteiger partial charge in [-0.1, -0.05) is 0 Å². The van der Waals surface area contributed by atoms with Crippen LogP contribution in [0.15, 0.2) is 6.20 Å². The van der Waals surface area contributed by atoms with Crippen LogP contribution in [0.4, 0.5) is 5.82 Å². The van der Waals surface area contributed by atoms with Gasteiger partial charge >= 0.3 is 0 Å². The molecule has 4 nitrogen and oxygen atoms in total. The quantitative estimate of drug-likeness (QED) is 0.672. The Labute approximate surface area is 78.1 Å². The number of likely N-dealkylation sites (tertiary alicyclic amines) is 1. The lowest BCUT2D eigenvalue weighted by molar-refractivity contribution is 0.251. The van der Waals surface area contributed by atoms with Crippen molar-refractivity contribution in [1.29, 1.82) is 0 Å². The van der Waals surface area contributed by atoms with E-state index in [1.54, 1.807) is 6.20 Å². The summed E-state index contributed by atoms with van der Waals surface area (Å²) in [5.41, 5.74) is 5.58. The minimum atomic E-state index is 0.577. The summed E-state index contributed by atoms with van der Waals surface area (Å²) in [6.45, 7) is 2.32. The molecular weight excluding hydrogens is 164 g/mol. The van der Waals surface area contributed by atoms with Gasteiger partial charge in [-0.15, -0.1) is 0 Å². The summed E-state index contributed by atoms with van der Waals surface area (Å²) in [4.78, 5) is 9.72. The first-order chi connectivity index (χ1) is 6.25. The molecule has 2 heterocycles. The molecule has 1 aromatic rings. The molecule has 1 aliphatic heterocycles. The zero-order valence-electron chi connectivity index (χ0n) is 7.95. The minimum absolute atomic E-state index is 0.577. The van der Waals surface area contributed by atoms with Crippen molar-refractivity contribution in [2.24, 2.45) is 0 Å². The lowest BCUT2D eigenvalue weighted by Gasteiger charge is -2.27. The first-order valence-electron chi connectivity index (χ1n) is 4.74. The highest BCUT2D eigenvalue weighted by molar-refractivity contribution is 5.25. The first-order valence-corrected chi connectivity index (χ1v) is 4.74. The molecule has 1 aliphatic rings. The molecule has 4 heteroatoms. The molecule has 0 spiro atoms. The molecule has 0 amide bonds. The van der Waals surface area contributed by atoms with Gasteiger partial charge in [-0.25, -0.2) is 4.98 Å².